The fourth-order valence-electron chi connectivity index (χ4n) is 3.22. The molecule has 3 heteroatoms. The number of nitriles is 1. The lowest BCUT2D eigenvalue weighted by atomic mass is 9.88. The molecular weight excluding hydrogens is 234 g/mol. The van der Waals surface area contributed by atoms with Gasteiger partial charge in [0.25, 0.3) is 0 Å². The third kappa shape index (κ3) is 3.34. The lowest BCUT2D eigenvalue weighted by molar-refractivity contribution is 0.191. The lowest BCUT2D eigenvalue weighted by Crippen LogP contribution is -2.34. The van der Waals surface area contributed by atoms with E-state index in [1.54, 1.807) is 0 Å². The van der Waals surface area contributed by atoms with Gasteiger partial charge in [-0.1, -0.05) is 18.6 Å². The number of hydrogen-bond donors (Lipinski definition) is 1. The summed E-state index contributed by atoms with van der Waals surface area (Å²) in [5.74, 6) is 0.617. The molecule has 0 aliphatic carbocycles. The van der Waals surface area contributed by atoms with Crippen molar-refractivity contribution in [1.82, 2.24) is 10.2 Å². The third-order valence-corrected chi connectivity index (χ3v) is 4.08. The number of nitrogens with zero attached hydrogens (tertiary/aromatic N) is 2. The van der Waals surface area contributed by atoms with Crippen LogP contribution in [0.4, 0.5) is 0 Å². The van der Waals surface area contributed by atoms with Crippen LogP contribution in [0.15, 0.2) is 24.3 Å². The molecule has 0 spiro atoms. The zero-order chi connectivity index (χ0) is 13.7. The molecule has 1 saturated heterocycles. The number of likely N-dealkylation sites (tertiary alicyclic amines) is 1. The minimum Gasteiger partial charge on any atom is -0.319 e. The molecule has 0 bridgehead atoms. The summed E-state index contributed by atoms with van der Waals surface area (Å²) in [5.41, 5.74) is 2.04. The number of rotatable bonds is 3. The first kappa shape index (κ1) is 14.0. The van der Waals surface area contributed by atoms with Crippen LogP contribution in [0.5, 0.6) is 0 Å². The average molecular weight is 257 g/mol. The molecule has 1 heterocycles. The summed E-state index contributed by atoms with van der Waals surface area (Å²) >= 11 is 0. The third-order valence-electron chi connectivity index (χ3n) is 4.08. The maximum Gasteiger partial charge on any atom is 0.0991 e. The highest BCUT2D eigenvalue weighted by Gasteiger charge is 2.28. The predicted octanol–water partition coefficient (Wildman–Crippen LogP) is 2.55. The summed E-state index contributed by atoms with van der Waals surface area (Å²) in [6, 6.07) is 10.8. The van der Waals surface area contributed by atoms with Crippen molar-refractivity contribution in [3.8, 4) is 6.07 Å². The van der Waals surface area contributed by atoms with Crippen molar-refractivity contribution in [2.75, 3.05) is 27.2 Å². The first-order valence-electron chi connectivity index (χ1n) is 7.11. The van der Waals surface area contributed by atoms with Gasteiger partial charge < -0.3 is 5.32 Å². The molecule has 0 aromatic heterocycles. The summed E-state index contributed by atoms with van der Waals surface area (Å²) in [4.78, 5) is 2.45. The van der Waals surface area contributed by atoms with Crippen molar-refractivity contribution in [3.05, 3.63) is 35.4 Å². The summed E-state index contributed by atoms with van der Waals surface area (Å²) < 4.78 is 0. The molecule has 0 radical (unpaired) electrons. The van der Waals surface area contributed by atoms with Crippen LogP contribution >= 0.6 is 0 Å². The standard InChI is InChI=1S/C16H23N3/c1-18-12-15-7-3-4-9-19(2)16(15)14-8-5-6-13(10-14)11-17/h5-6,8,10,15-16,18H,3-4,7,9,12H2,1-2H3. The molecule has 0 saturated carbocycles. The van der Waals surface area contributed by atoms with E-state index in [0.717, 1.165) is 18.7 Å². The van der Waals surface area contributed by atoms with E-state index in [0.29, 0.717) is 12.0 Å². The smallest absolute Gasteiger partial charge is 0.0991 e. The zero-order valence-electron chi connectivity index (χ0n) is 11.9. The largest absolute Gasteiger partial charge is 0.319 e. The molecule has 1 aromatic carbocycles. The van der Waals surface area contributed by atoms with Gasteiger partial charge in [-0.05, 0) is 63.6 Å². The van der Waals surface area contributed by atoms with E-state index in [4.69, 9.17) is 5.26 Å². The highest BCUT2D eigenvalue weighted by atomic mass is 15.1. The number of hydrogen-bond acceptors (Lipinski definition) is 3. The Balaban J connectivity index is 2.31. The number of nitrogens with one attached hydrogen (secondary N) is 1. The lowest BCUT2D eigenvalue weighted by Gasteiger charge is -2.33. The molecule has 1 aliphatic rings. The van der Waals surface area contributed by atoms with Crippen LogP contribution in [-0.4, -0.2) is 32.1 Å². The van der Waals surface area contributed by atoms with Crippen LogP contribution in [0, 0.1) is 17.2 Å². The van der Waals surface area contributed by atoms with Crippen LogP contribution in [0.1, 0.15) is 36.4 Å². The van der Waals surface area contributed by atoms with Crippen molar-refractivity contribution in [2.45, 2.75) is 25.3 Å². The Labute approximate surface area is 116 Å². The van der Waals surface area contributed by atoms with Crippen molar-refractivity contribution < 1.29 is 0 Å². The van der Waals surface area contributed by atoms with Crippen molar-refractivity contribution >= 4 is 0 Å². The molecule has 3 nitrogen and oxygen atoms in total. The monoisotopic (exact) mass is 257 g/mol. The van der Waals surface area contributed by atoms with E-state index in [-0.39, 0.29) is 0 Å². The van der Waals surface area contributed by atoms with E-state index in [1.165, 1.54) is 24.8 Å². The van der Waals surface area contributed by atoms with Gasteiger partial charge in [-0.25, -0.2) is 0 Å². The van der Waals surface area contributed by atoms with Gasteiger partial charge >= 0.3 is 0 Å². The normalized spacial score (nSPS) is 24.7. The molecule has 102 valence electrons. The van der Waals surface area contributed by atoms with Gasteiger partial charge in [0.1, 0.15) is 0 Å². The molecule has 1 aromatic rings. The maximum absolute atomic E-state index is 9.08. The molecule has 2 atom stereocenters. The first-order valence-corrected chi connectivity index (χ1v) is 7.11. The van der Waals surface area contributed by atoms with Crippen molar-refractivity contribution in [1.29, 1.82) is 5.26 Å². The van der Waals surface area contributed by atoms with E-state index >= 15 is 0 Å². The van der Waals surface area contributed by atoms with Gasteiger partial charge in [0.2, 0.25) is 0 Å². The Hall–Kier alpha value is -1.37. The van der Waals surface area contributed by atoms with Crippen molar-refractivity contribution in [2.24, 2.45) is 5.92 Å². The van der Waals surface area contributed by atoms with Gasteiger partial charge in [0.05, 0.1) is 11.6 Å². The highest BCUT2D eigenvalue weighted by molar-refractivity contribution is 5.34. The Morgan fingerprint density at radius 1 is 1.42 bits per heavy atom. The summed E-state index contributed by atoms with van der Waals surface area (Å²) in [5, 5.41) is 12.4. The van der Waals surface area contributed by atoms with E-state index in [2.05, 4.69) is 35.5 Å². The highest BCUT2D eigenvalue weighted by Crippen LogP contribution is 2.34. The summed E-state index contributed by atoms with van der Waals surface area (Å²) in [7, 11) is 4.23. The minimum atomic E-state index is 0.420. The molecule has 1 fully saturated rings. The SMILES string of the molecule is CNCC1CCCCN(C)C1c1cccc(C#N)c1. The second-order valence-electron chi connectivity index (χ2n) is 5.48. The van der Waals surface area contributed by atoms with Crippen LogP contribution in [-0.2, 0) is 0 Å². The fraction of sp³-hybridized carbons (Fsp3) is 0.562. The summed E-state index contributed by atoms with van der Waals surface area (Å²) in [6.45, 7) is 2.17. The van der Waals surface area contributed by atoms with Crippen molar-refractivity contribution in [3.63, 3.8) is 0 Å². The Morgan fingerprint density at radius 3 is 3.00 bits per heavy atom. The topological polar surface area (TPSA) is 39.1 Å². The maximum atomic E-state index is 9.08. The van der Waals surface area contributed by atoms with Gasteiger partial charge in [-0.15, -0.1) is 0 Å². The van der Waals surface area contributed by atoms with Crippen LogP contribution < -0.4 is 5.32 Å². The minimum absolute atomic E-state index is 0.420. The van der Waals surface area contributed by atoms with E-state index in [1.807, 2.05) is 19.2 Å². The van der Waals surface area contributed by atoms with Crippen LogP contribution in [0.2, 0.25) is 0 Å². The predicted molar refractivity (Wildman–Crippen MR) is 77.8 cm³/mol. The summed E-state index contributed by atoms with van der Waals surface area (Å²) in [6.07, 6.45) is 3.82. The Kier molecular flexibility index (Phi) is 4.95. The molecule has 1 N–H and O–H groups in total. The van der Waals surface area contributed by atoms with Crippen LogP contribution in [0.25, 0.3) is 0 Å². The zero-order valence-corrected chi connectivity index (χ0v) is 11.9. The number of benzene rings is 1. The van der Waals surface area contributed by atoms with Crippen LogP contribution in [0.3, 0.4) is 0 Å². The second-order valence-corrected chi connectivity index (χ2v) is 5.48. The first-order chi connectivity index (χ1) is 9.26. The van der Waals surface area contributed by atoms with Gasteiger partial charge in [0, 0.05) is 6.04 Å². The van der Waals surface area contributed by atoms with E-state index in [9.17, 15) is 0 Å². The molecule has 0 amide bonds. The van der Waals surface area contributed by atoms with Gasteiger partial charge in [-0.2, -0.15) is 5.26 Å². The Morgan fingerprint density at radius 2 is 2.26 bits per heavy atom. The molecular formula is C16H23N3. The second kappa shape index (κ2) is 6.70. The average Bonchev–Trinajstić information content (AvgIpc) is 2.61. The molecule has 1 aliphatic heterocycles. The quantitative estimate of drug-likeness (QED) is 0.904. The molecule has 2 unspecified atom stereocenters. The van der Waals surface area contributed by atoms with Gasteiger partial charge in [0.15, 0.2) is 0 Å². The van der Waals surface area contributed by atoms with E-state index < -0.39 is 0 Å². The molecule has 19 heavy (non-hydrogen) atoms. The Bertz CT molecular complexity index is 450. The van der Waals surface area contributed by atoms with Gasteiger partial charge in [-0.3, -0.25) is 4.90 Å². The fourth-order valence-corrected chi connectivity index (χ4v) is 3.22. The molecule has 2 rings (SSSR count).